The Morgan fingerprint density at radius 2 is 1.90 bits per heavy atom. The van der Waals surface area contributed by atoms with Gasteiger partial charge in [0, 0.05) is 16.8 Å². The van der Waals surface area contributed by atoms with Crippen molar-refractivity contribution in [3.63, 3.8) is 0 Å². The Morgan fingerprint density at radius 3 is 2.58 bits per heavy atom. The first-order valence-electron chi connectivity index (χ1n) is 10.2. The lowest BCUT2D eigenvalue weighted by molar-refractivity contribution is -0.122. The van der Waals surface area contributed by atoms with Gasteiger partial charge in [-0.2, -0.15) is 0 Å². The molecule has 0 aliphatic carbocycles. The van der Waals surface area contributed by atoms with Crippen molar-refractivity contribution in [3.05, 3.63) is 88.1 Å². The second-order valence-electron chi connectivity index (χ2n) is 8.48. The van der Waals surface area contributed by atoms with Crippen molar-refractivity contribution < 1.29 is 18.4 Å². The summed E-state index contributed by atoms with van der Waals surface area (Å²) < 4.78 is 19.9. The largest absolute Gasteiger partial charge is 0.465 e. The van der Waals surface area contributed by atoms with Crippen molar-refractivity contribution in [3.8, 4) is 0 Å². The van der Waals surface area contributed by atoms with Gasteiger partial charge in [0.1, 0.15) is 17.3 Å². The van der Waals surface area contributed by atoms with Gasteiger partial charge in [0.15, 0.2) is 0 Å². The van der Waals surface area contributed by atoms with E-state index in [9.17, 15) is 14.0 Å². The fraction of sp³-hybridized carbons (Fsp3) is 0.280. The molecule has 1 aliphatic rings. The third kappa shape index (κ3) is 3.74. The van der Waals surface area contributed by atoms with Crippen LogP contribution in [0.4, 0.5) is 10.1 Å². The molecule has 1 aliphatic heterocycles. The lowest BCUT2D eigenvalue weighted by Crippen LogP contribution is -2.36. The van der Waals surface area contributed by atoms with Crippen LogP contribution in [0.3, 0.4) is 0 Å². The minimum absolute atomic E-state index is 0.116. The van der Waals surface area contributed by atoms with Crippen LogP contribution in [0.15, 0.2) is 52.9 Å². The van der Waals surface area contributed by atoms with Crippen molar-refractivity contribution >= 4 is 17.5 Å². The van der Waals surface area contributed by atoms with Gasteiger partial charge >= 0.3 is 0 Å². The Bertz CT molecular complexity index is 1160. The topological polar surface area (TPSA) is 62.6 Å². The highest BCUT2D eigenvalue weighted by atomic mass is 19.1. The van der Waals surface area contributed by atoms with Gasteiger partial charge < -0.3 is 14.6 Å². The lowest BCUT2D eigenvalue weighted by Gasteiger charge is -2.21. The number of anilines is 1. The third-order valence-electron chi connectivity index (χ3n) is 5.89. The number of hydrogen-bond acceptors (Lipinski definition) is 3. The number of fused-ring (bicyclic) bond motifs is 1. The predicted octanol–water partition coefficient (Wildman–Crippen LogP) is 4.79. The number of amides is 2. The number of halogens is 1. The minimum Gasteiger partial charge on any atom is -0.465 e. The molecule has 160 valence electrons. The third-order valence-corrected chi connectivity index (χ3v) is 5.89. The fourth-order valence-electron chi connectivity index (χ4n) is 4.02. The summed E-state index contributed by atoms with van der Waals surface area (Å²) in [7, 11) is 0. The molecule has 0 radical (unpaired) electrons. The van der Waals surface area contributed by atoms with Crippen LogP contribution in [-0.2, 0) is 23.3 Å². The van der Waals surface area contributed by atoms with Gasteiger partial charge in [-0.15, -0.1) is 0 Å². The molecule has 0 fully saturated rings. The number of rotatable bonds is 5. The van der Waals surface area contributed by atoms with E-state index in [1.54, 1.807) is 23.1 Å². The molecule has 5 nitrogen and oxygen atoms in total. The number of carbonyl (C=O) groups is 2. The molecule has 4 rings (SSSR count). The average molecular weight is 420 g/mol. The molecule has 0 unspecified atom stereocenters. The Morgan fingerprint density at radius 1 is 1.13 bits per heavy atom. The normalized spacial score (nSPS) is 14.6. The number of furan rings is 1. The quantitative estimate of drug-likeness (QED) is 0.646. The maximum absolute atomic E-state index is 14.5. The van der Waals surface area contributed by atoms with Crippen molar-refractivity contribution in [2.45, 2.75) is 46.2 Å². The Labute approximate surface area is 180 Å². The highest BCUT2D eigenvalue weighted by Gasteiger charge is 2.44. The van der Waals surface area contributed by atoms with E-state index < -0.39 is 5.41 Å². The summed E-state index contributed by atoms with van der Waals surface area (Å²) >= 11 is 0. The molecular weight excluding hydrogens is 395 g/mol. The maximum atomic E-state index is 14.5. The molecule has 1 aromatic heterocycles. The van der Waals surface area contributed by atoms with E-state index in [-0.39, 0.29) is 30.7 Å². The van der Waals surface area contributed by atoms with Crippen LogP contribution in [0.25, 0.3) is 0 Å². The number of carbonyl (C=O) groups excluding carboxylic acids is 2. The zero-order valence-corrected chi connectivity index (χ0v) is 18.1. The van der Waals surface area contributed by atoms with Crippen LogP contribution < -0.4 is 10.2 Å². The van der Waals surface area contributed by atoms with Gasteiger partial charge in [0.05, 0.1) is 18.5 Å². The zero-order valence-electron chi connectivity index (χ0n) is 18.1. The molecule has 3 aromatic rings. The highest BCUT2D eigenvalue weighted by Crippen LogP contribution is 2.43. The molecular formula is C25H25FN2O3. The van der Waals surface area contributed by atoms with Gasteiger partial charge in [0.25, 0.3) is 5.91 Å². The van der Waals surface area contributed by atoms with Crippen LogP contribution in [0.5, 0.6) is 0 Å². The van der Waals surface area contributed by atoms with Crippen molar-refractivity contribution in [2.75, 3.05) is 4.90 Å². The smallest absolute Gasteiger partial charge is 0.251 e. The average Bonchev–Trinajstić information content (AvgIpc) is 3.23. The van der Waals surface area contributed by atoms with Gasteiger partial charge in [-0.1, -0.05) is 18.2 Å². The van der Waals surface area contributed by atoms with Gasteiger partial charge in [-0.3, -0.25) is 9.59 Å². The highest BCUT2D eigenvalue weighted by molar-refractivity contribution is 6.09. The van der Waals surface area contributed by atoms with Crippen LogP contribution in [0.1, 0.15) is 52.4 Å². The maximum Gasteiger partial charge on any atom is 0.251 e. The first-order valence-corrected chi connectivity index (χ1v) is 10.2. The first kappa shape index (κ1) is 20.8. The van der Waals surface area contributed by atoms with Crippen LogP contribution in [0.2, 0.25) is 0 Å². The van der Waals surface area contributed by atoms with Crippen molar-refractivity contribution in [1.82, 2.24) is 5.32 Å². The van der Waals surface area contributed by atoms with Gasteiger partial charge in [0.2, 0.25) is 5.91 Å². The number of nitrogens with zero attached hydrogens (tertiary/aromatic N) is 1. The van der Waals surface area contributed by atoms with E-state index in [0.29, 0.717) is 22.6 Å². The molecule has 2 aromatic carbocycles. The molecule has 2 heterocycles. The molecule has 1 N–H and O–H groups in total. The molecule has 0 saturated carbocycles. The molecule has 2 amide bonds. The Balaban J connectivity index is 1.64. The van der Waals surface area contributed by atoms with E-state index in [1.165, 1.54) is 6.07 Å². The second-order valence-corrected chi connectivity index (χ2v) is 8.48. The fourth-order valence-corrected chi connectivity index (χ4v) is 4.02. The predicted molar refractivity (Wildman–Crippen MR) is 116 cm³/mol. The van der Waals surface area contributed by atoms with E-state index in [1.807, 2.05) is 52.0 Å². The second kappa shape index (κ2) is 7.69. The summed E-state index contributed by atoms with van der Waals surface area (Å²) in [6.45, 7) is 7.75. The number of hydrogen-bond donors (Lipinski definition) is 1. The SMILES string of the molecule is Cc1ccc(CNC(=O)c2ccc3c(c2)N(Cc2c(C)cccc2F)C(=O)C3(C)C)o1. The number of aryl methyl sites for hydroxylation is 2. The Kier molecular flexibility index (Phi) is 5.17. The summed E-state index contributed by atoms with van der Waals surface area (Å²) in [5.74, 6) is 0.716. The minimum atomic E-state index is -0.755. The number of nitrogens with one attached hydrogen (secondary N) is 1. The van der Waals surface area contributed by atoms with E-state index >= 15 is 0 Å². The van der Waals surface area contributed by atoms with Crippen LogP contribution in [0, 0.1) is 19.7 Å². The standard InChI is InChI=1S/C25H25FN2O3/c1-15-6-5-7-21(26)19(15)14-28-22-12-17(9-11-20(22)25(3,4)24(28)30)23(29)27-13-18-10-8-16(2)31-18/h5-12H,13-14H2,1-4H3,(H,27,29). The van der Waals surface area contributed by atoms with Crippen LogP contribution >= 0.6 is 0 Å². The molecule has 31 heavy (non-hydrogen) atoms. The Hall–Kier alpha value is -3.41. The van der Waals surface area contributed by atoms with Gasteiger partial charge in [-0.05, 0) is 69.2 Å². The molecule has 0 spiro atoms. The zero-order chi connectivity index (χ0) is 22.3. The molecule has 0 saturated heterocycles. The molecule has 6 heteroatoms. The van der Waals surface area contributed by atoms with Gasteiger partial charge in [-0.25, -0.2) is 4.39 Å². The first-order chi connectivity index (χ1) is 14.7. The summed E-state index contributed by atoms with van der Waals surface area (Å²) in [6, 6.07) is 13.8. The van der Waals surface area contributed by atoms with Crippen molar-refractivity contribution in [2.24, 2.45) is 0 Å². The van der Waals surface area contributed by atoms with Crippen molar-refractivity contribution in [1.29, 1.82) is 0 Å². The summed E-state index contributed by atoms with van der Waals surface area (Å²) in [4.78, 5) is 27.5. The summed E-state index contributed by atoms with van der Waals surface area (Å²) in [6.07, 6.45) is 0. The van der Waals surface area contributed by atoms with E-state index in [4.69, 9.17) is 4.42 Å². The number of benzene rings is 2. The van der Waals surface area contributed by atoms with E-state index in [2.05, 4.69) is 5.32 Å². The lowest BCUT2D eigenvalue weighted by atomic mass is 9.86. The monoisotopic (exact) mass is 420 g/mol. The van der Waals surface area contributed by atoms with Crippen LogP contribution in [-0.4, -0.2) is 11.8 Å². The molecule has 0 atom stereocenters. The molecule has 0 bridgehead atoms. The summed E-state index contributed by atoms with van der Waals surface area (Å²) in [5, 5.41) is 2.84. The summed E-state index contributed by atoms with van der Waals surface area (Å²) in [5.41, 5.74) is 2.39. The van der Waals surface area contributed by atoms with E-state index in [0.717, 1.165) is 16.9 Å².